The molecule has 0 aliphatic heterocycles. The van der Waals surface area contributed by atoms with Crippen molar-refractivity contribution < 1.29 is 4.42 Å². The van der Waals surface area contributed by atoms with E-state index in [9.17, 15) is 0 Å². The van der Waals surface area contributed by atoms with E-state index in [1.54, 1.807) is 0 Å². The topological polar surface area (TPSA) is 16.4 Å². The van der Waals surface area contributed by atoms with Crippen LogP contribution in [-0.4, -0.2) is 0 Å². The summed E-state index contributed by atoms with van der Waals surface area (Å²) in [4.78, 5) is 2.36. The first-order chi connectivity index (χ1) is 24.8. The summed E-state index contributed by atoms with van der Waals surface area (Å²) in [6, 6.07) is 70.9. The minimum absolute atomic E-state index is 0.866. The van der Waals surface area contributed by atoms with Crippen LogP contribution in [0.15, 0.2) is 205 Å². The van der Waals surface area contributed by atoms with E-state index in [1.807, 2.05) is 6.07 Å². The molecule has 0 N–H and O–H groups in total. The van der Waals surface area contributed by atoms with Gasteiger partial charge in [0.05, 0.1) is 5.69 Å². The summed E-state index contributed by atoms with van der Waals surface area (Å²) in [7, 11) is 0. The highest BCUT2D eigenvalue weighted by Crippen LogP contribution is 2.44. The van der Waals surface area contributed by atoms with Crippen LogP contribution >= 0.6 is 0 Å². The Balaban J connectivity index is 1.18. The highest BCUT2D eigenvalue weighted by molar-refractivity contribution is 6.03. The summed E-state index contributed by atoms with van der Waals surface area (Å²) in [6.07, 6.45) is 0. The molecule has 0 radical (unpaired) electrons. The number of rotatable bonds is 7. The molecule has 50 heavy (non-hydrogen) atoms. The fourth-order valence-electron chi connectivity index (χ4n) is 7.07. The lowest BCUT2D eigenvalue weighted by molar-refractivity contribution is 0.632. The maximum Gasteiger partial charge on any atom is 0.143 e. The lowest BCUT2D eigenvalue weighted by Crippen LogP contribution is -2.10. The van der Waals surface area contributed by atoms with Gasteiger partial charge in [-0.25, -0.2) is 0 Å². The third-order valence-corrected chi connectivity index (χ3v) is 9.46. The summed E-state index contributed by atoms with van der Waals surface area (Å²) in [5, 5.41) is 3.50. The normalized spacial score (nSPS) is 11.2. The Bertz CT molecular complexity index is 2580. The molecule has 2 heteroatoms. The molecule has 0 saturated heterocycles. The third-order valence-electron chi connectivity index (χ3n) is 9.46. The minimum atomic E-state index is 0.866. The van der Waals surface area contributed by atoms with Crippen LogP contribution in [0.3, 0.4) is 0 Å². The van der Waals surface area contributed by atoms with Crippen molar-refractivity contribution in [1.82, 2.24) is 0 Å². The van der Waals surface area contributed by atoms with E-state index in [0.29, 0.717) is 0 Å². The maximum atomic E-state index is 6.64. The highest BCUT2D eigenvalue weighted by atomic mass is 16.3. The van der Waals surface area contributed by atoms with Crippen LogP contribution in [0.1, 0.15) is 0 Å². The Morgan fingerprint density at radius 2 is 0.900 bits per heavy atom. The maximum absolute atomic E-state index is 6.64. The first kappa shape index (κ1) is 29.5. The number of nitrogens with zero attached hydrogens (tertiary/aromatic N) is 1. The molecule has 9 rings (SSSR count). The van der Waals surface area contributed by atoms with Crippen molar-refractivity contribution in [1.29, 1.82) is 0 Å². The molecule has 8 aromatic carbocycles. The van der Waals surface area contributed by atoms with Crippen molar-refractivity contribution >= 4 is 38.8 Å². The largest absolute Gasteiger partial charge is 0.455 e. The second kappa shape index (κ2) is 12.8. The number of hydrogen-bond acceptors (Lipinski definition) is 2. The molecule has 236 valence electrons. The molecule has 0 aliphatic carbocycles. The van der Waals surface area contributed by atoms with Gasteiger partial charge in [0.15, 0.2) is 0 Å². The number of furan rings is 1. The van der Waals surface area contributed by atoms with Crippen LogP contribution < -0.4 is 4.90 Å². The molecule has 0 aliphatic rings. The molecule has 1 heterocycles. The second-order valence-electron chi connectivity index (χ2n) is 12.5. The van der Waals surface area contributed by atoms with Crippen LogP contribution in [-0.2, 0) is 0 Å². The van der Waals surface area contributed by atoms with Gasteiger partial charge in [0.1, 0.15) is 11.3 Å². The SMILES string of the molecule is c1ccc(-c2cccc(-c3ccc(N(c4cccc(-c5oc6ccccc6c5-c5ccccc5)c4)c4cccc5ccccc45)cc3)c2)cc1. The predicted molar refractivity (Wildman–Crippen MR) is 210 cm³/mol. The molecular formula is C48H33NO. The fourth-order valence-corrected chi connectivity index (χ4v) is 7.07. The Hall–Kier alpha value is -6.64. The van der Waals surface area contributed by atoms with Crippen LogP contribution in [0, 0.1) is 0 Å². The molecule has 0 atom stereocenters. The Morgan fingerprint density at radius 1 is 0.340 bits per heavy atom. The van der Waals surface area contributed by atoms with Gasteiger partial charge in [-0.2, -0.15) is 0 Å². The van der Waals surface area contributed by atoms with E-state index in [0.717, 1.165) is 50.5 Å². The zero-order valence-corrected chi connectivity index (χ0v) is 27.4. The number of fused-ring (bicyclic) bond motifs is 2. The van der Waals surface area contributed by atoms with Gasteiger partial charge < -0.3 is 9.32 Å². The smallest absolute Gasteiger partial charge is 0.143 e. The van der Waals surface area contributed by atoms with Gasteiger partial charge in [0, 0.05) is 33.3 Å². The molecular weight excluding hydrogens is 607 g/mol. The monoisotopic (exact) mass is 639 g/mol. The van der Waals surface area contributed by atoms with Crippen molar-refractivity contribution in [3.8, 4) is 44.7 Å². The molecule has 0 amide bonds. The molecule has 9 aromatic rings. The van der Waals surface area contributed by atoms with E-state index < -0.39 is 0 Å². The summed E-state index contributed by atoms with van der Waals surface area (Å²) < 4.78 is 6.64. The molecule has 0 bridgehead atoms. The van der Waals surface area contributed by atoms with Crippen molar-refractivity contribution in [3.05, 3.63) is 200 Å². The molecule has 0 saturated carbocycles. The van der Waals surface area contributed by atoms with E-state index >= 15 is 0 Å². The lowest BCUT2D eigenvalue weighted by Gasteiger charge is -2.27. The summed E-state index contributed by atoms with van der Waals surface area (Å²) in [5.74, 6) is 0.866. The van der Waals surface area contributed by atoms with Gasteiger partial charge in [-0.3, -0.25) is 0 Å². The van der Waals surface area contributed by atoms with Gasteiger partial charge in [-0.15, -0.1) is 0 Å². The van der Waals surface area contributed by atoms with Crippen molar-refractivity contribution in [2.75, 3.05) is 4.90 Å². The summed E-state index contributed by atoms with van der Waals surface area (Å²) in [6.45, 7) is 0. The average molecular weight is 640 g/mol. The predicted octanol–water partition coefficient (Wildman–Crippen LogP) is 13.7. The number of anilines is 3. The van der Waals surface area contributed by atoms with Crippen LogP contribution in [0.5, 0.6) is 0 Å². The van der Waals surface area contributed by atoms with E-state index in [-0.39, 0.29) is 0 Å². The lowest BCUT2D eigenvalue weighted by atomic mass is 9.98. The first-order valence-corrected chi connectivity index (χ1v) is 17.0. The average Bonchev–Trinajstić information content (AvgIpc) is 3.59. The van der Waals surface area contributed by atoms with Crippen LogP contribution in [0.2, 0.25) is 0 Å². The van der Waals surface area contributed by atoms with Gasteiger partial charge in [0.25, 0.3) is 0 Å². The second-order valence-corrected chi connectivity index (χ2v) is 12.5. The first-order valence-electron chi connectivity index (χ1n) is 17.0. The van der Waals surface area contributed by atoms with E-state index in [1.165, 1.54) is 33.0 Å². The standard InChI is InChI=1S/C48H33NO/c1-3-14-34(15-4-1)38-20-11-21-39(32-38)35-28-30-41(31-29-35)49(45-26-13-19-36-16-7-8-24-43(36)45)42-23-12-22-40(33-42)48-47(37-17-5-2-6-18-37)44-25-9-10-27-46(44)50-48/h1-33H. The van der Waals surface area contributed by atoms with Crippen molar-refractivity contribution in [2.24, 2.45) is 0 Å². The molecule has 2 nitrogen and oxygen atoms in total. The van der Waals surface area contributed by atoms with Gasteiger partial charge in [0.2, 0.25) is 0 Å². The van der Waals surface area contributed by atoms with E-state index in [2.05, 4.69) is 199 Å². The Labute approximate surface area is 292 Å². The Morgan fingerprint density at radius 3 is 1.68 bits per heavy atom. The van der Waals surface area contributed by atoms with Crippen LogP contribution in [0.25, 0.3) is 66.4 Å². The minimum Gasteiger partial charge on any atom is -0.455 e. The quantitative estimate of drug-likeness (QED) is 0.173. The molecule has 0 fully saturated rings. The van der Waals surface area contributed by atoms with Gasteiger partial charge >= 0.3 is 0 Å². The summed E-state index contributed by atoms with van der Waals surface area (Å²) in [5.41, 5.74) is 12.2. The molecule has 1 aromatic heterocycles. The summed E-state index contributed by atoms with van der Waals surface area (Å²) >= 11 is 0. The highest BCUT2D eigenvalue weighted by Gasteiger charge is 2.20. The van der Waals surface area contributed by atoms with E-state index in [4.69, 9.17) is 4.42 Å². The van der Waals surface area contributed by atoms with Crippen LogP contribution in [0.4, 0.5) is 17.1 Å². The molecule has 0 unspecified atom stereocenters. The number of hydrogen-bond donors (Lipinski definition) is 0. The zero-order chi connectivity index (χ0) is 33.3. The molecule has 0 spiro atoms. The Kier molecular flexibility index (Phi) is 7.53. The number of para-hydroxylation sites is 1. The van der Waals surface area contributed by atoms with Crippen molar-refractivity contribution in [3.63, 3.8) is 0 Å². The third kappa shape index (κ3) is 5.43. The number of benzene rings is 8. The van der Waals surface area contributed by atoms with Gasteiger partial charge in [-0.05, 0) is 75.7 Å². The fraction of sp³-hybridized carbons (Fsp3) is 0. The van der Waals surface area contributed by atoms with Gasteiger partial charge in [-0.1, -0.05) is 158 Å². The zero-order valence-electron chi connectivity index (χ0n) is 27.4. The van der Waals surface area contributed by atoms with Crippen molar-refractivity contribution in [2.45, 2.75) is 0 Å².